The summed E-state index contributed by atoms with van der Waals surface area (Å²) in [6, 6.07) is 21.2. The minimum Gasteiger partial charge on any atom is -0.378 e. The molecule has 0 atom stereocenters. The van der Waals surface area contributed by atoms with Crippen LogP contribution in [0.3, 0.4) is 0 Å². The third kappa shape index (κ3) is 3.61. The van der Waals surface area contributed by atoms with Crippen LogP contribution in [0, 0.1) is 13.8 Å². The first kappa shape index (κ1) is 19.9. The Bertz CT molecular complexity index is 1190. The quantitative estimate of drug-likeness (QED) is 0.442. The van der Waals surface area contributed by atoms with E-state index in [2.05, 4.69) is 98.4 Å². The molecule has 1 heterocycles. The van der Waals surface area contributed by atoms with Crippen molar-refractivity contribution in [3.63, 3.8) is 0 Å². The lowest BCUT2D eigenvalue weighted by Gasteiger charge is -2.16. The molecule has 0 aliphatic rings. The number of hydrogen-bond acceptors (Lipinski definition) is 4. The van der Waals surface area contributed by atoms with E-state index < -0.39 is 0 Å². The molecule has 1 aromatic heterocycles. The van der Waals surface area contributed by atoms with Crippen LogP contribution in [-0.2, 0) is 0 Å². The summed E-state index contributed by atoms with van der Waals surface area (Å²) in [6.07, 6.45) is 0. The lowest BCUT2D eigenvalue weighted by Crippen LogP contribution is -2.08. The predicted molar refractivity (Wildman–Crippen MR) is 129 cm³/mol. The first-order valence-electron chi connectivity index (χ1n) is 10.2. The van der Waals surface area contributed by atoms with Crippen molar-refractivity contribution in [2.45, 2.75) is 13.8 Å². The number of hydrogen-bond donors (Lipinski definition) is 0. The van der Waals surface area contributed by atoms with Crippen LogP contribution >= 0.6 is 0 Å². The molecule has 0 unspecified atom stereocenters. The summed E-state index contributed by atoms with van der Waals surface area (Å²) in [4.78, 5) is 14.4. The maximum Gasteiger partial charge on any atom is 0.0973 e. The molecule has 3 aromatic carbocycles. The molecule has 0 N–H and O–H groups in total. The number of aromatic nitrogens is 2. The van der Waals surface area contributed by atoms with Gasteiger partial charge in [-0.15, -0.1) is 0 Å². The average molecular weight is 397 g/mol. The molecule has 0 aliphatic heterocycles. The van der Waals surface area contributed by atoms with Gasteiger partial charge in [0.15, 0.2) is 0 Å². The highest BCUT2D eigenvalue weighted by molar-refractivity contribution is 5.88. The molecular formula is C26H28N4. The molecule has 0 radical (unpaired) electrons. The van der Waals surface area contributed by atoms with Crippen LogP contribution in [-0.4, -0.2) is 38.2 Å². The Morgan fingerprint density at radius 2 is 1.03 bits per heavy atom. The summed E-state index contributed by atoms with van der Waals surface area (Å²) in [6.45, 7) is 4.24. The largest absolute Gasteiger partial charge is 0.378 e. The van der Waals surface area contributed by atoms with E-state index in [1.54, 1.807) is 0 Å². The summed E-state index contributed by atoms with van der Waals surface area (Å²) in [5.41, 5.74) is 10.6. The minimum atomic E-state index is 0.911. The van der Waals surface area contributed by atoms with Gasteiger partial charge >= 0.3 is 0 Å². The fourth-order valence-electron chi connectivity index (χ4n) is 3.59. The van der Waals surface area contributed by atoms with Crippen molar-refractivity contribution in [1.29, 1.82) is 0 Å². The summed E-state index contributed by atoms with van der Waals surface area (Å²) in [5, 5.41) is 0. The maximum absolute atomic E-state index is 5.13. The standard InChI is InChI=1S/C26H28N4/c1-17-7-16-23-24(18(17)2)28-26(20-10-14-22(15-11-20)30(5)6)25(27-23)19-8-12-21(13-9-19)29(3)4/h7-16H,1-6H3. The maximum atomic E-state index is 5.13. The molecule has 0 bridgehead atoms. The van der Waals surface area contributed by atoms with Crippen LogP contribution in [0.1, 0.15) is 11.1 Å². The summed E-state index contributed by atoms with van der Waals surface area (Å²) in [5.74, 6) is 0. The van der Waals surface area contributed by atoms with Crippen LogP contribution in [0.15, 0.2) is 60.7 Å². The fraction of sp³-hybridized carbons (Fsp3) is 0.231. The van der Waals surface area contributed by atoms with E-state index in [0.717, 1.165) is 44.9 Å². The van der Waals surface area contributed by atoms with Gasteiger partial charge in [0.2, 0.25) is 0 Å². The third-order valence-electron chi connectivity index (χ3n) is 5.67. The zero-order valence-corrected chi connectivity index (χ0v) is 18.6. The second-order valence-corrected chi connectivity index (χ2v) is 8.18. The lowest BCUT2D eigenvalue weighted by molar-refractivity contribution is 1.13. The highest BCUT2D eigenvalue weighted by Crippen LogP contribution is 2.33. The van der Waals surface area contributed by atoms with Crippen molar-refractivity contribution in [3.8, 4) is 22.5 Å². The molecule has 152 valence electrons. The van der Waals surface area contributed by atoms with Gasteiger partial charge in [-0.2, -0.15) is 0 Å². The van der Waals surface area contributed by atoms with Crippen molar-refractivity contribution in [3.05, 3.63) is 71.8 Å². The Balaban J connectivity index is 1.95. The van der Waals surface area contributed by atoms with E-state index in [-0.39, 0.29) is 0 Å². The van der Waals surface area contributed by atoms with Gasteiger partial charge in [0, 0.05) is 50.7 Å². The van der Waals surface area contributed by atoms with Crippen molar-refractivity contribution in [2.75, 3.05) is 38.0 Å². The average Bonchev–Trinajstić information content (AvgIpc) is 2.76. The first-order chi connectivity index (χ1) is 14.3. The summed E-state index contributed by atoms with van der Waals surface area (Å²) >= 11 is 0. The van der Waals surface area contributed by atoms with Gasteiger partial charge in [0.05, 0.1) is 22.4 Å². The lowest BCUT2D eigenvalue weighted by atomic mass is 10.0. The summed E-state index contributed by atoms with van der Waals surface area (Å²) < 4.78 is 0. The Morgan fingerprint density at radius 3 is 1.50 bits per heavy atom. The molecule has 4 rings (SSSR count). The van der Waals surface area contributed by atoms with Gasteiger partial charge in [0.1, 0.15) is 0 Å². The predicted octanol–water partition coefficient (Wildman–Crippen LogP) is 5.71. The molecule has 4 aromatic rings. The van der Waals surface area contributed by atoms with E-state index in [1.165, 1.54) is 11.1 Å². The van der Waals surface area contributed by atoms with Crippen LogP contribution in [0.4, 0.5) is 11.4 Å². The molecule has 4 heteroatoms. The Hall–Kier alpha value is -3.40. The molecule has 0 amide bonds. The summed E-state index contributed by atoms with van der Waals surface area (Å²) in [7, 11) is 8.20. The Kier molecular flexibility index (Phi) is 5.17. The second-order valence-electron chi connectivity index (χ2n) is 8.18. The van der Waals surface area contributed by atoms with Gasteiger partial charge in [-0.1, -0.05) is 30.3 Å². The molecule has 0 aliphatic carbocycles. The molecule has 0 fully saturated rings. The van der Waals surface area contributed by atoms with Gasteiger partial charge in [-0.3, -0.25) is 0 Å². The van der Waals surface area contributed by atoms with Crippen molar-refractivity contribution < 1.29 is 0 Å². The smallest absolute Gasteiger partial charge is 0.0973 e. The van der Waals surface area contributed by atoms with E-state index in [4.69, 9.17) is 9.97 Å². The zero-order valence-electron chi connectivity index (χ0n) is 18.6. The normalized spacial score (nSPS) is 11.0. The number of benzene rings is 3. The number of rotatable bonds is 4. The molecule has 0 saturated heterocycles. The Morgan fingerprint density at radius 1 is 0.567 bits per heavy atom. The van der Waals surface area contributed by atoms with E-state index in [1.807, 2.05) is 14.1 Å². The molecule has 0 saturated carbocycles. The monoisotopic (exact) mass is 396 g/mol. The third-order valence-corrected chi connectivity index (χ3v) is 5.67. The molecule has 0 spiro atoms. The number of aryl methyl sites for hydroxylation is 2. The van der Waals surface area contributed by atoms with E-state index >= 15 is 0 Å². The number of anilines is 2. The van der Waals surface area contributed by atoms with Crippen LogP contribution in [0.2, 0.25) is 0 Å². The molecular weight excluding hydrogens is 368 g/mol. The van der Waals surface area contributed by atoms with Gasteiger partial charge in [0.25, 0.3) is 0 Å². The van der Waals surface area contributed by atoms with Crippen LogP contribution in [0.25, 0.3) is 33.5 Å². The number of nitrogens with zero attached hydrogens (tertiary/aromatic N) is 4. The zero-order chi connectivity index (χ0) is 21.4. The van der Waals surface area contributed by atoms with Crippen molar-refractivity contribution in [1.82, 2.24) is 9.97 Å². The highest BCUT2D eigenvalue weighted by Gasteiger charge is 2.15. The van der Waals surface area contributed by atoms with E-state index in [0.29, 0.717) is 0 Å². The molecule has 4 nitrogen and oxygen atoms in total. The van der Waals surface area contributed by atoms with Gasteiger partial charge in [-0.25, -0.2) is 9.97 Å². The van der Waals surface area contributed by atoms with Gasteiger partial charge < -0.3 is 9.80 Å². The first-order valence-corrected chi connectivity index (χ1v) is 10.2. The number of fused-ring (bicyclic) bond motifs is 1. The second kappa shape index (κ2) is 7.79. The van der Waals surface area contributed by atoms with Crippen molar-refractivity contribution in [2.24, 2.45) is 0 Å². The fourth-order valence-corrected chi connectivity index (χ4v) is 3.59. The SMILES string of the molecule is Cc1ccc2nc(-c3ccc(N(C)C)cc3)c(-c3ccc(N(C)C)cc3)nc2c1C. The van der Waals surface area contributed by atoms with E-state index in [9.17, 15) is 0 Å². The highest BCUT2D eigenvalue weighted by atomic mass is 15.1. The minimum absolute atomic E-state index is 0.911. The van der Waals surface area contributed by atoms with Gasteiger partial charge in [-0.05, 0) is 55.3 Å². The van der Waals surface area contributed by atoms with Crippen LogP contribution < -0.4 is 9.80 Å². The Labute approximate surface area is 178 Å². The van der Waals surface area contributed by atoms with Crippen LogP contribution in [0.5, 0.6) is 0 Å². The topological polar surface area (TPSA) is 32.3 Å². The van der Waals surface area contributed by atoms with Crippen molar-refractivity contribution >= 4 is 22.4 Å². The molecule has 30 heavy (non-hydrogen) atoms.